The molecule has 0 aliphatic carbocycles. The topological polar surface area (TPSA) is 63.2 Å². The maximum atomic E-state index is 12.0. The lowest BCUT2D eigenvalue weighted by Gasteiger charge is -2.07. The van der Waals surface area contributed by atoms with Crippen LogP contribution < -0.4 is 10.8 Å². The molecule has 4 nitrogen and oxygen atoms in total. The summed E-state index contributed by atoms with van der Waals surface area (Å²) in [6, 6.07) is 17.6. The highest BCUT2D eigenvalue weighted by Gasteiger charge is 2.12. The summed E-state index contributed by atoms with van der Waals surface area (Å²) < 4.78 is 11.3. The molecule has 1 heterocycles. The van der Waals surface area contributed by atoms with E-state index in [0.29, 0.717) is 17.6 Å². The Balaban J connectivity index is 2.26. The Bertz CT molecular complexity index is 1150. The zero-order valence-electron chi connectivity index (χ0n) is 16.9. The van der Waals surface area contributed by atoms with E-state index in [1.165, 1.54) is 6.08 Å². The first-order valence-electron chi connectivity index (χ1n) is 10.1. The van der Waals surface area contributed by atoms with Crippen LogP contribution in [-0.4, -0.2) is 12.6 Å². The third kappa shape index (κ3) is 4.75. The fourth-order valence-electron chi connectivity index (χ4n) is 3.42. The van der Waals surface area contributed by atoms with Gasteiger partial charge in [-0.1, -0.05) is 56.2 Å². The molecule has 0 spiro atoms. The largest absolute Gasteiger partial charge is 0.463 e. The van der Waals surface area contributed by atoms with Crippen LogP contribution in [0.1, 0.15) is 50.7 Å². The molecule has 3 aromatic rings. The van der Waals surface area contributed by atoms with Crippen molar-refractivity contribution >= 4 is 28.4 Å². The molecule has 0 bridgehead atoms. The number of unbranched alkanes of at least 4 members (excludes halogenated alkanes) is 2. The molecule has 0 saturated carbocycles. The summed E-state index contributed by atoms with van der Waals surface area (Å²) in [5.41, 5.74) is 4.03. The van der Waals surface area contributed by atoms with Crippen molar-refractivity contribution in [2.45, 2.75) is 39.5 Å². The zero-order chi connectivity index (χ0) is 20.6. The monoisotopic (exact) mass is 387 g/mol. The van der Waals surface area contributed by atoms with Crippen LogP contribution in [0.3, 0.4) is 0 Å². The van der Waals surface area contributed by atoms with Gasteiger partial charge in [-0.3, -0.25) is 0 Å². The highest BCUT2D eigenvalue weighted by Crippen LogP contribution is 2.21. The van der Waals surface area contributed by atoms with Crippen molar-refractivity contribution in [2.75, 3.05) is 6.61 Å². The molecule has 0 atom stereocenters. The number of carbonyl (C=O) groups is 1. The van der Waals surface area contributed by atoms with E-state index in [9.17, 15) is 4.79 Å². The summed E-state index contributed by atoms with van der Waals surface area (Å²) in [4.78, 5) is 12.0. The van der Waals surface area contributed by atoms with Crippen LogP contribution in [0.5, 0.6) is 0 Å². The number of rotatable bonds is 7. The molecule has 148 valence electrons. The van der Waals surface area contributed by atoms with Crippen molar-refractivity contribution in [1.29, 1.82) is 5.26 Å². The Morgan fingerprint density at radius 1 is 1.07 bits per heavy atom. The van der Waals surface area contributed by atoms with Crippen molar-refractivity contribution < 1.29 is 13.9 Å². The van der Waals surface area contributed by atoms with Gasteiger partial charge >= 0.3 is 5.97 Å². The highest BCUT2D eigenvalue weighted by atomic mass is 16.5. The Labute approximate surface area is 170 Å². The minimum atomic E-state index is -0.413. The van der Waals surface area contributed by atoms with Crippen LogP contribution in [0.2, 0.25) is 0 Å². The number of esters is 1. The maximum absolute atomic E-state index is 12.0. The van der Waals surface area contributed by atoms with Gasteiger partial charge in [-0.2, -0.15) is 5.26 Å². The van der Waals surface area contributed by atoms with Gasteiger partial charge in [0.1, 0.15) is 10.8 Å². The summed E-state index contributed by atoms with van der Waals surface area (Å²) in [5, 5.41) is 11.0. The molecule has 0 saturated heterocycles. The quantitative estimate of drug-likeness (QED) is 0.444. The number of nitrogens with zero attached hydrogens (tertiary/aromatic N) is 1. The van der Waals surface area contributed by atoms with E-state index in [0.717, 1.165) is 53.0 Å². The van der Waals surface area contributed by atoms with Crippen molar-refractivity contribution in [3.8, 4) is 6.07 Å². The van der Waals surface area contributed by atoms with Gasteiger partial charge in [0.15, 0.2) is 0 Å². The number of nitriles is 1. The van der Waals surface area contributed by atoms with E-state index < -0.39 is 5.97 Å². The first-order chi connectivity index (χ1) is 14.2. The van der Waals surface area contributed by atoms with Crippen LogP contribution in [-0.2, 0) is 9.53 Å². The normalized spacial score (nSPS) is 12.7. The molecule has 3 rings (SSSR count). The lowest BCUT2D eigenvalue weighted by atomic mass is 9.97. The minimum Gasteiger partial charge on any atom is -0.463 e. The van der Waals surface area contributed by atoms with E-state index in [2.05, 4.69) is 13.0 Å². The number of furan rings is 1. The number of fused-ring (bicyclic) bond motifs is 1. The molecule has 0 radical (unpaired) electrons. The zero-order valence-corrected chi connectivity index (χ0v) is 16.9. The first-order valence-corrected chi connectivity index (χ1v) is 10.1. The molecule has 0 unspecified atom stereocenters. The van der Waals surface area contributed by atoms with E-state index in [1.807, 2.05) is 48.5 Å². The fraction of sp³-hybridized carbons (Fsp3) is 0.280. The second-order valence-electron chi connectivity index (χ2n) is 6.86. The molecule has 1 aromatic heterocycles. The summed E-state index contributed by atoms with van der Waals surface area (Å²) in [7, 11) is 0. The van der Waals surface area contributed by atoms with Crippen LogP contribution in [0.25, 0.3) is 22.4 Å². The molecule has 0 N–H and O–H groups in total. The number of carbonyl (C=O) groups excluding carboxylic acids is 1. The summed E-state index contributed by atoms with van der Waals surface area (Å²) in [6.07, 6.45) is 5.56. The molecule has 4 heteroatoms. The van der Waals surface area contributed by atoms with Gasteiger partial charge in [0.05, 0.1) is 24.3 Å². The molecule has 2 aromatic carbocycles. The van der Waals surface area contributed by atoms with Gasteiger partial charge in [-0.05, 0) is 37.5 Å². The van der Waals surface area contributed by atoms with Gasteiger partial charge in [0.2, 0.25) is 0 Å². The Hall–Kier alpha value is -3.32. The average Bonchev–Trinajstić information content (AvgIpc) is 3.10. The summed E-state index contributed by atoms with van der Waals surface area (Å²) in [6.45, 7) is 4.28. The summed E-state index contributed by atoms with van der Waals surface area (Å²) >= 11 is 0. The smallest absolute Gasteiger partial charge is 0.334 e. The number of benzene rings is 2. The van der Waals surface area contributed by atoms with Gasteiger partial charge < -0.3 is 9.15 Å². The van der Waals surface area contributed by atoms with Gasteiger partial charge in [0, 0.05) is 16.3 Å². The van der Waals surface area contributed by atoms with Crippen LogP contribution >= 0.6 is 0 Å². The second kappa shape index (κ2) is 9.75. The second-order valence-corrected chi connectivity index (χ2v) is 6.86. The van der Waals surface area contributed by atoms with E-state index in [4.69, 9.17) is 14.4 Å². The van der Waals surface area contributed by atoms with Crippen molar-refractivity contribution in [3.05, 3.63) is 70.5 Å². The van der Waals surface area contributed by atoms with Gasteiger partial charge in [0.25, 0.3) is 0 Å². The third-order valence-corrected chi connectivity index (χ3v) is 4.85. The third-order valence-electron chi connectivity index (χ3n) is 4.85. The Morgan fingerprint density at radius 3 is 2.45 bits per heavy atom. The average molecular weight is 387 g/mol. The minimum absolute atomic E-state index is 0.320. The molecular formula is C25H25NO3. The van der Waals surface area contributed by atoms with E-state index >= 15 is 0 Å². The van der Waals surface area contributed by atoms with Crippen molar-refractivity contribution in [3.63, 3.8) is 0 Å². The molecular weight excluding hydrogens is 362 g/mol. The predicted octanol–water partition coefficient (Wildman–Crippen LogP) is 4.43. The van der Waals surface area contributed by atoms with E-state index in [-0.39, 0.29) is 0 Å². The fourth-order valence-corrected chi connectivity index (χ4v) is 3.42. The van der Waals surface area contributed by atoms with Crippen LogP contribution in [0.15, 0.2) is 52.9 Å². The Kier molecular flexibility index (Phi) is 6.86. The molecule has 0 aliphatic heterocycles. The number of hydrogen-bond acceptors (Lipinski definition) is 4. The SMILES string of the molecule is CCCCC/C(c1ccc(C#N)cc1)=c1/o/c(=C\C(=O)OCC)c2ccccc12. The Morgan fingerprint density at radius 2 is 1.79 bits per heavy atom. The van der Waals surface area contributed by atoms with Gasteiger partial charge in [-0.25, -0.2) is 4.79 Å². The standard InChI is InChI=1S/C25H25NO3/c1-3-5-6-9-20(19-14-12-18(17-26)13-15-19)25-22-11-8-7-10-21(22)23(29-25)16-24(27)28-4-2/h7-8,10-16H,3-6,9H2,1-2H3/b23-16-,25-20-. The lowest BCUT2D eigenvalue weighted by molar-refractivity contribution is -0.135. The molecule has 29 heavy (non-hydrogen) atoms. The maximum Gasteiger partial charge on any atom is 0.334 e. The molecule has 0 amide bonds. The molecule has 0 fully saturated rings. The van der Waals surface area contributed by atoms with Crippen LogP contribution in [0.4, 0.5) is 0 Å². The van der Waals surface area contributed by atoms with Crippen molar-refractivity contribution in [1.82, 2.24) is 0 Å². The summed E-state index contributed by atoms with van der Waals surface area (Å²) in [5.74, 6) is -0.413. The predicted molar refractivity (Wildman–Crippen MR) is 114 cm³/mol. The van der Waals surface area contributed by atoms with Crippen molar-refractivity contribution in [2.24, 2.45) is 0 Å². The van der Waals surface area contributed by atoms with E-state index in [1.54, 1.807) is 6.92 Å². The number of ether oxygens (including phenoxy) is 1. The first kappa shape index (κ1) is 20.4. The highest BCUT2D eigenvalue weighted by molar-refractivity contribution is 6.02. The van der Waals surface area contributed by atoms with Gasteiger partial charge in [-0.15, -0.1) is 0 Å². The lowest BCUT2D eigenvalue weighted by Crippen LogP contribution is -2.09. The number of hydrogen-bond donors (Lipinski definition) is 0. The molecule has 0 aliphatic rings. The van der Waals surface area contributed by atoms with Crippen LogP contribution in [0, 0.1) is 11.3 Å².